The van der Waals surface area contributed by atoms with Crippen LogP contribution in [-0.4, -0.2) is 47.3 Å². The van der Waals surface area contributed by atoms with Crippen molar-refractivity contribution < 1.29 is 9.47 Å². The van der Waals surface area contributed by atoms with Gasteiger partial charge in [-0.1, -0.05) is 35.9 Å². The number of halogens is 1. The van der Waals surface area contributed by atoms with Gasteiger partial charge in [-0.25, -0.2) is 20.0 Å². The highest BCUT2D eigenvalue weighted by molar-refractivity contribution is 6.30. The fourth-order valence-electron chi connectivity index (χ4n) is 4.62. The predicted octanol–water partition coefficient (Wildman–Crippen LogP) is 5.47. The molecule has 0 spiro atoms. The van der Waals surface area contributed by atoms with Gasteiger partial charge < -0.3 is 31.6 Å². The molecule has 4 heterocycles. The number of anilines is 4. The van der Waals surface area contributed by atoms with Gasteiger partial charge in [-0.2, -0.15) is 5.26 Å². The minimum atomic E-state index is 0.163. The third-order valence-electron chi connectivity index (χ3n) is 7.07. The number of rotatable bonds is 10. The second-order valence-electron chi connectivity index (χ2n) is 10.5. The second kappa shape index (κ2) is 15.4. The average Bonchev–Trinajstić information content (AvgIpc) is 3.69. The largest absolute Gasteiger partial charge is 0.463 e. The molecular weight excluding hydrogens is 590 g/mol. The molecule has 230 valence electrons. The van der Waals surface area contributed by atoms with E-state index in [4.69, 9.17) is 37.8 Å². The molecule has 45 heavy (non-hydrogen) atoms. The predicted molar refractivity (Wildman–Crippen MR) is 177 cm³/mol. The Balaban J connectivity index is 0.000000178. The molecule has 11 nitrogen and oxygen atoms in total. The topological polar surface area (TPSA) is 169 Å². The third-order valence-corrected chi connectivity index (χ3v) is 7.30. The van der Waals surface area contributed by atoms with Gasteiger partial charge >= 0.3 is 0 Å². The molecule has 0 saturated heterocycles. The highest BCUT2D eigenvalue weighted by Gasteiger charge is 2.17. The average molecular weight is 624 g/mol. The zero-order valence-electron chi connectivity index (χ0n) is 24.6. The van der Waals surface area contributed by atoms with E-state index < -0.39 is 0 Å². The molecule has 6 rings (SSSR count). The maximum atomic E-state index is 8.76. The number of nitriles is 1. The summed E-state index contributed by atoms with van der Waals surface area (Å²) in [6, 6.07) is 26.6. The van der Waals surface area contributed by atoms with Crippen molar-refractivity contribution >= 4 is 46.7 Å². The van der Waals surface area contributed by atoms with Gasteiger partial charge in [-0.05, 0) is 85.3 Å². The lowest BCUT2D eigenvalue weighted by atomic mass is 10.1. The lowest BCUT2D eigenvalue weighted by Gasteiger charge is -2.08. The molecule has 0 radical (unpaired) electrons. The standard InChI is InChI=1S/C17H17N5O.C16H17ClN4O/c18-9-13-4-8-16(20-10-13)21-14-5-1-12(2-6-14)3-7-15-11-23-17(19)22-15;17-12-4-8-15(19-9-12)20-13-5-1-11(2-6-13)3-7-14-10-22-16(18)21-14/h1-2,4-6,8,10,15H,3,7,11H2,(H2,19,22)(H,20,21);1-2,4-6,8-9,14H,3,7,10H2,(H2,18,21)(H,19,20). The second-order valence-corrected chi connectivity index (χ2v) is 10.9. The van der Waals surface area contributed by atoms with Gasteiger partial charge in [-0.3, -0.25) is 0 Å². The normalized spacial score (nSPS) is 16.6. The first kappa shape index (κ1) is 31.1. The molecular formula is C33H34ClN9O2. The first-order chi connectivity index (χ1) is 21.9. The lowest BCUT2D eigenvalue weighted by molar-refractivity contribution is 0.308. The molecule has 0 fully saturated rings. The van der Waals surface area contributed by atoms with Crippen molar-refractivity contribution in [1.82, 2.24) is 9.97 Å². The van der Waals surface area contributed by atoms with E-state index in [0.717, 1.165) is 42.9 Å². The number of nitrogens with one attached hydrogen (secondary N) is 2. The highest BCUT2D eigenvalue weighted by Crippen LogP contribution is 2.20. The van der Waals surface area contributed by atoms with E-state index in [0.29, 0.717) is 41.7 Å². The number of hydrogen-bond donors (Lipinski definition) is 4. The third kappa shape index (κ3) is 9.84. The molecule has 0 amide bonds. The van der Waals surface area contributed by atoms with Crippen LogP contribution in [0.3, 0.4) is 0 Å². The molecule has 0 bridgehead atoms. The minimum absolute atomic E-state index is 0.163. The fraction of sp³-hybridized carbons (Fsp3) is 0.242. The van der Waals surface area contributed by atoms with Crippen LogP contribution in [0.25, 0.3) is 0 Å². The van der Waals surface area contributed by atoms with E-state index in [2.05, 4.69) is 54.9 Å². The van der Waals surface area contributed by atoms with Crippen LogP contribution < -0.4 is 22.1 Å². The molecule has 6 N–H and O–H groups in total. The Labute approximate surface area is 267 Å². The summed E-state index contributed by atoms with van der Waals surface area (Å²) in [6.07, 6.45) is 6.90. The Morgan fingerprint density at radius 1 is 0.711 bits per heavy atom. The fourth-order valence-corrected chi connectivity index (χ4v) is 4.74. The zero-order valence-corrected chi connectivity index (χ0v) is 25.3. The van der Waals surface area contributed by atoms with Crippen LogP contribution in [0.4, 0.5) is 23.0 Å². The van der Waals surface area contributed by atoms with Gasteiger partial charge in [0, 0.05) is 23.8 Å². The number of nitrogens with two attached hydrogens (primary N) is 2. The van der Waals surface area contributed by atoms with Crippen LogP contribution in [0.15, 0.2) is 95.2 Å². The number of aryl methyl sites for hydroxylation is 2. The maximum Gasteiger partial charge on any atom is 0.282 e. The minimum Gasteiger partial charge on any atom is -0.463 e. The molecule has 2 aliphatic rings. The molecule has 2 atom stereocenters. The van der Waals surface area contributed by atoms with Crippen molar-refractivity contribution in [3.05, 3.63) is 107 Å². The molecule has 2 aromatic carbocycles. The van der Waals surface area contributed by atoms with E-state index in [1.54, 1.807) is 30.6 Å². The number of nitrogens with zero attached hydrogens (tertiary/aromatic N) is 5. The summed E-state index contributed by atoms with van der Waals surface area (Å²) in [5, 5.41) is 15.8. The molecule has 2 unspecified atom stereocenters. The van der Waals surface area contributed by atoms with E-state index in [1.807, 2.05) is 36.4 Å². The van der Waals surface area contributed by atoms with Crippen molar-refractivity contribution in [1.29, 1.82) is 5.26 Å². The molecule has 0 aliphatic carbocycles. The maximum absolute atomic E-state index is 8.76. The van der Waals surface area contributed by atoms with Crippen molar-refractivity contribution in [2.24, 2.45) is 21.5 Å². The van der Waals surface area contributed by atoms with Gasteiger partial charge in [0.1, 0.15) is 30.9 Å². The van der Waals surface area contributed by atoms with Crippen LogP contribution in [-0.2, 0) is 22.3 Å². The Morgan fingerprint density at radius 3 is 1.58 bits per heavy atom. The first-order valence-electron chi connectivity index (χ1n) is 14.5. The van der Waals surface area contributed by atoms with Crippen LogP contribution >= 0.6 is 11.6 Å². The number of aromatic nitrogens is 2. The van der Waals surface area contributed by atoms with Gasteiger partial charge in [-0.15, -0.1) is 0 Å². The highest BCUT2D eigenvalue weighted by atomic mass is 35.5. The quantitative estimate of drug-likeness (QED) is 0.179. The van der Waals surface area contributed by atoms with Crippen molar-refractivity contribution in [3.63, 3.8) is 0 Å². The van der Waals surface area contributed by atoms with Crippen molar-refractivity contribution in [2.45, 2.75) is 37.8 Å². The molecule has 2 aromatic heterocycles. The van der Waals surface area contributed by atoms with Crippen molar-refractivity contribution in [3.8, 4) is 6.07 Å². The van der Waals surface area contributed by atoms with Crippen LogP contribution in [0, 0.1) is 11.3 Å². The SMILES string of the molecule is N#Cc1ccc(Nc2ccc(CCC3COC(N)=N3)cc2)nc1.NC1=NC(CCc2ccc(Nc3ccc(Cl)cn3)cc2)CO1. The van der Waals surface area contributed by atoms with Crippen molar-refractivity contribution in [2.75, 3.05) is 23.8 Å². The first-order valence-corrected chi connectivity index (χ1v) is 14.9. The molecule has 2 aliphatic heterocycles. The van der Waals surface area contributed by atoms with E-state index in [-0.39, 0.29) is 12.1 Å². The Hall–Kier alpha value is -5.34. The Bertz CT molecular complexity index is 1640. The van der Waals surface area contributed by atoms with Gasteiger partial charge in [0.15, 0.2) is 0 Å². The van der Waals surface area contributed by atoms with Gasteiger partial charge in [0.2, 0.25) is 0 Å². The Morgan fingerprint density at radius 2 is 1.20 bits per heavy atom. The summed E-state index contributed by atoms with van der Waals surface area (Å²) in [4.78, 5) is 16.8. The number of ether oxygens (including phenoxy) is 2. The number of aliphatic imine (C=N–C) groups is 2. The summed E-state index contributed by atoms with van der Waals surface area (Å²) >= 11 is 5.82. The van der Waals surface area contributed by atoms with E-state index >= 15 is 0 Å². The summed E-state index contributed by atoms with van der Waals surface area (Å²) in [5.41, 5.74) is 16.0. The molecule has 4 aromatic rings. The molecule has 12 heteroatoms. The summed E-state index contributed by atoms with van der Waals surface area (Å²) in [7, 11) is 0. The van der Waals surface area contributed by atoms with Gasteiger partial charge in [0.25, 0.3) is 12.0 Å². The van der Waals surface area contributed by atoms with E-state index in [1.165, 1.54) is 11.1 Å². The summed E-state index contributed by atoms with van der Waals surface area (Å²) in [6.45, 7) is 1.17. The van der Waals surface area contributed by atoms with Gasteiger partial charge in [0.05, 0.1) is 22.7 Å². The smallest absolute Gasteiger partial charge is 0.282 e. The number of pyridine rings is 2. The lowest BCUT2D eigenvalue weighted by Crippen LogP contribution is -2.10. The number of amidine groups is 2. The number of hydrogen-bond acceptors (Lipinski definition) is 11. The number of benzene rings is 2. The molecule has 0 saturated carbocycles. The summed E-state index contributed by atoms with van der Waals surface area (Å²) in [5.74, 6) is 1.48. The summed E-state index contributed by atoms with van der Waals surface area (Å²) < 4.78 is 10.3. The van der Waals surface area contributed by atoms with Crippen LogP contribution in [0.1, 0.15) is 29.5 Å². The van der Waals surface area contributed by atoms with Crippen LogP contribution in [0.5, 0.6) is 0 Å². The van der Waals surface area contributed by atoms with E-state index in [9.17, 15) is 0 Å². The Kier molecular flexibility index (Phi) is 10.6. The zero-order chi connectivity index (χ0) is 31.4. The monoisotopic (exact) mass is 623 g/mol. The van der Waals surface area contributed by atoms with Crippen LogP contribution in [0.2, 0.25) is 5.02 Å².